The van der Waals surface area contributed by atoms with Gasteiger partial charge in [-0.15, -0.1) is 18.5 Å². The zero-order chi connectivity index (χ0) is 21.4. The van der Waals surface area contributed by atoms with Crippen LogP contribution in [0.25, 0.3) is 0 Å². The molecule has 160 valence electrons. The Hall–Kier alpha value is -1.35. The third kappa shape index (κ3) is 6.57. The van der Waals surface area contributed by atoms with Crippen molar-refractivity contribution in [2.75, 3.05) is 39.4 Å². The van der Waals surface area contributed by atoms with Crippen LogP contribution in [0.3, 0.4) is 0 Å². The Morgan fingerprint density at radius 2 is 1.86 bits per heavy atom. The number of aryl methyl sites for hydroxylation is 1. The van der Waals surface area contributed by atoms with Crippen LogP contribution in [0.1, 0.15) is 35.2 Å². The van der Waals surface area contributed by atoms with Crippen molar-refractivity contribution < 1.29 is 14.4 Å². The molecule has 3 atom stereocenters. The quantitative estimate of drug-likeness (QED) is 0.556. The number of nitrogens with zero attached hydrogens (tertiary/aromatic N) is 2. The van der Waals surface area contributed by atoms with E-state index in [1.54, 1.807) is 6.07 Å². The van der Waals surface area contributed by atoms with Gasteiger partial charge in [-0.2, -0.15) is 0 Å². The van der Waals surface area contributed by atoms with Crippen molar-refractivity contribution in [1.82, 2.24) is 15.1 Å². The van der Waals surface area contributed by atoms with E-state index in [4.69, 9.17) is 0 Å². The summed E-state index contributed by atoms with van der Waals surface area (Å²) in [5, 5.41) is 3.72. The minimum absolute atomic E-state index is 0.0266. The first-order valence-electron chi connectivity index (χ1n) is 10.2. The van der Waals surface area contributed by atoms with Gasteiger partial charge in [-0.05, 0) is 62.3 Å². The van der Waals surface area contributed by atoms with E-state index >= 15 is 0 Å². The average molecular weight is 437 g/mol. The molecule has 3 rings (SSSR count). The number of carbonyl (C=O) groups excluding carboxylic acids is 3. The summed E-state index contributed by atoms with van der Waals surface area (Å²) in [5.74, 6) is -0.0648. The monoisotopic (exact) mass is 437 g/mol. The van der Waals surface area contributed by atoms with Crippen molar-refractivity contribution in [1.29, 1.82) is 0 Å². The van der Waals surface area contributed by atoms with E-state index in [0.717, 1.165) is 56.1 Å². The third-order valence-electron chi connectivity index (χ3n) is 5.74. The molecule has 2 fully saturated rings. The molecule has 0 spiro atoms. The topological polar surface area (TPSA) is 69.7 Å². The van der Waals surface area contributed by atoms with Crippen molar-refractivity contribution in [3.05, 3.63) is 29.3 Å². The molecule has 8 heteroatoms. The van der Waals surface area contributed by atoms with Crippen molar-refractivity contribution in [2.24, 2.45) is 5.92 Å². The molecule has 6 nitrogen and oxygen atoms in total. The molecular weight excluding hydrogens is 404 g/mol. The van der Waals surface area contributed by atoms with Gasteiger partial charge in [0.25, 0.3) is 5.91 Å². The summed E-state index contributed by atoms with van der Waals surface area (Å²) in [4.78, 5) is 39.9. The zero-order valence-electron chi connectivity index (χ0n) is 17.4. The molecule has 0 radical (unpaired) electrons. The van der Waals surface area contributed by atoms with E-state index in [2.05, 4.69) is 28.7 Å². The van der Waals surface area contributed by atoms with Gasteiger partial charge in [-0.25, -0.2) is 0 Å². The maximum atomic E-state index is 12.5. The number of amides is 2. The molecule has 29 heavy (non-hydrogen) atoms. The first-order chi connectivity index (χ1) is 14.0. The fraction of sp³-hybridized carbons (Fsp3) is 0.571. The summed E-state index contributed by atoms with van der Waals surface area (Å²) < 4.78 is 0. The Bertz CT molecular complexity index is 721. The minimum Gasteiger partial charge on any atom is -0.343 e. The number of likely N-dealkylation sites (tertiary alicyclic amines) is 2. The van der Waals surface area contributed by atoms with Crippen LogP contribution in [0, 0.1) is 12.8 Å². The molecule has 1 N–H and O–H groups in total. The molecule has 1 aromatic carbocycles. The highest BCUT2D eigenvalue weighted by molar-refractivity contribution is 7.27. The fourth-order valence-electron chi connectivity index (χ4n) is 3.84. The van der Waals surface area contributed by atoms with E-state index in [1.807, 2.05) is 30.6 Å². The Morgan fingerprint density at radius 3 is 2.48 bits per heavy atom. The molecule has 2 aliphatic heterocycles. The number of hydrogen-bond acceptors (Lipinski definition) is 4. The van der Waals surface area contributed by atoms with Crippen LogP contribution in [0.2, 0.25) is 0 Å². The largest absolute Gasteiger partial charge is 0.343 e. The number of rotatable bonds is 5. The van der Waals surface area contributed by atoms with Crippen molar-refractivity contribution in [2.45, 2.75) is 32.2 Å². The Kier molecular flexibility index (Phi) is 9.68. The second kappa shape index (κ2) is 11.7. The maximum absolute atomic E-state index is 12.5. The lowest BCUT2D eigenvalue weighted by Crippen LogP contribution is -2.45. The van der Waals surface area contributed by atoms with Gasteiger partial charge >= 0.3 is 0 Å². The lowest BCUT2D eigenvalue weighted by Gasteiger charge is -2.34. The number of nitrogens with one attached hydrogen (secondary N) is 1. The molecule has 3 unspecified atom stereocenters. The molecular formula is C21H33N3O3P2. The highest BCUT2D eigenvalue weighted by Crippen LogP contribution is 2.22. The van der Waals surface area contributed by atoms with E-state index in [1.165, 1.54) is 0 Å². The molecule has 2 amide bonds. The predicted octanol–water partition coefficient (Wildman–Crippen LogP) is 1.23. The number of aldehydes is 1. The van der Waals surface area contributed by atoms with Crippen LogP contribution >= 0.6 is 18.5 Å². The van der Waals surface area contributed by atoms with Crippen LogP contribution in [-0.2, 0) is 9.59 Å². The molecule has 2 saturated heterocycles. The van der Waals surface area contributed by atoms with Crippen molar-refractivity contribution in [3.8, 4) is 0 Å². The molecule has 0 aromatic heterocycles. The third-order valence-corrected chi connectivity index (χ3v) is 6.36. The number of piperidine rings is 1. The molecule has 2 heterocycles. The van der Waals surface area contributed by atoms with Crippen molar-refractivity contribution in [3.63, 3.8) is 0 Å². The lowest BCUT2D eigenvalue weighted by atomic mass is 9.97. The molecule has 0 bridgehead atoms. The van der Waals surface area contributed by atoms with Gasteiger partial charge in [0.15, 0.2) is 0 Å². The maximum Gasteiger partial charge on any atom is 0.251 e. The summed E-state index contributed by atoms with van der Waals surface area (Å²) in [6.07, 6.45) is 3.86. The van der Waals surface area contributed by atoms with Crippen molar-refractivity contribution >= 4 is 41.9 Å². The molecule has 1 aromatic rings. The van der Waals surface area contributed by atoms with E-state index in [-0.39, 0.29) is 24.3 Å². The van der Waals surface area contributed by atoms with Gasteiger partial charge < -0.3 is 15.0 Å². The first-order valence-corrected chi connectivity index (χ1v) is 11.9. The van der Waals surface area contributed by atoms with E-state index in [9.17, 15) is 14.4 Å². The second-order valence-electron chi connectivity index (χ2n) is 7.55. The van der Waals surface area contributed by atoms with Crippen LogP contribution in [0.4, 0.5) is 0 Å². The minimum atomic E-state index is -0.223. The Labute approximate surface area is 178 Å². The van der Waals surface area contributed by atoms with Gasteiger partial charge in [0, 0.05) is 30.6 Å². The zero-order valence-corrected chi connectivity index (χ0v) is 19.7. The summed E-state index contributed by atoms with van der Waals surface area (Å²) in [7, 11) is 5.03. The highest BCUT2D eigenvalue weighted by Gasteiger charge is 2.32. The number of carbonyl (C=O) groups is 3. The standard InChI is InChI=1S/C20H28N3O3P.CH5P/c1-14-2-3-16(10-18(14)27)20(26)21-11-19(25)23-9-6-17(12-23)22-7-4-15(13-24)5-8-22;1-2/h2-3,10,13,15,17H,4-9,11-12,27H2,1H3,(H,21,26);2H2,1H3. The van der Waals surface area contributed by atoms with Crippen LogP contribution in [0.15, 0.2) is 18.2 Å². The van der Waals surface area contributed by atoms with Crippen LogP contribution in [-0.4, -0.2) is 73.3 Å². The van der Waals surface area contributed by atoms with Crippen LogP contribution < -0.4 is 10.6 Å². The first kappa shape index (κ1) is 23.9. The van der Waals surface area contributed by atoms with Gasteiger partial charge in [0.2, 0.25) is 5.91 Å². The summed E-state index contributed by atoms with van der Waals surface area (Å²) in [6.45, 7) is 7.22. The summed E-state index contributed by atoms with van der Waals surface area (Å²) in [6, 6.07) is 5.86. The SMILES string of the molecule is CP.Cc1ccc(C(=O)NCC(=O)N2CCC(N3CCC(C=O)CC3)C2)cc1P. The molecule has 0 aliphatic carbocycles. The molecule has 2 aliphatic rings. The van der Waals surface area contributed by atoms with Gasteiger partial charge in [0.1, 0.15) is 6.29 Å². The molecule has 0 saturated carbocycles. The number of hydrogen-bond donors (Lipinski definition) is 1. The second-order valence-corrected chi connectivity index (χ2v) is 8.17. The fourth-order valence-corrected chi connectivity index (χ4v) is 4.11. The van der Waals surface area contributed by atoms with E-state index < -0.39 is 0 Å². The summed E-state index contributed by atoms with van der Waals surface area (Å²) in [5.41, 5.74) is 1.67. The van der Waals surface area contributed by atoms with Gasteiger partial charge in [0.05, 0.1) is 6.54 Å². The highest BCUT2D eigenvalue weighted by atomic mass is 31.0. The summed E-state index contributed by atoms with van der Waals surface area (Å²) >= 11 is 0. The lowest BCUT2D eigenvalue weighted by molar-refractivity contribution is -0.129. The van der Waals surface area contributed by atoms with Gasteiger partial charge in [-0.1, -0.05) is 12.7 Å². The number of benzene rings is 1. The average Bonchev–Trinajstić information content (AvgIpc) is 3.25. The Balaban J connectivity index is 0.00000145. The normalized spacial score (nSPS) is 20.0. The Morgan fingerprint density at radius 1 is 1.17 bits per heavy atom. The van der Waals surface area contributed by atoms with E-state index in [0.29, 0.717) is 18.2 Å². The van der Waals surface area contributed by atoms with Crippen LogP contribution in [0.5, 0.6) is 0 Å². The van der Waals surface area contributed by atoms with Gasteiger partial charge in [-0.3, -0.25) is 14.5 Å². The smallest absolute Gasteiger partial charge is 0.251 e. The predicted molar refractivity (Wildman–Crippen MR) is 124 cm³/mol.